The molecule has 4 amide bonds. The van der Waals surface area contributed by atoms with Gasteiger partial charge in [-0.05, 0) is 44.9 Å². The Kier molecular flexibility index (Phi) is 5.56. The standard InChI is InChI=1S/C22H27FN4O5/c1-22(2,3)32-21(31)26-8-6-25(7-9-26)17-10-13-12-27(20(30)14(13)11-15(17)23)16-4-5-18(28)24-19(16)29/h10-11,16H,4-9,12H2,1-3H3,(H,24,28,29). The lowest BCUT2D eigenvalue weighted by atomic mass is 10.0. The summed E-state index contributed by atoms with van der Waals surface area (Å²) in [6, 6.07) is 2.13. The third-order valence-corrected chi connectivity index (χ3v) is 5.86. The van der Waals surface area contributed by atoms with Gasteiger partial charge in [0.15, 0.2) is 0 Å². The van der Waals surface area contributed by atoms with Crippen molar-refractivity contribution in [2.24, 2.45) is 0 Å². The van der Waals surface area contributed by atoms with E-state index >= 15 is 0 Å². The molecule has 172 valence electrons. The number of carbonyl (C=O) groups is 4. The summed E-state index contributed by atoms with van der Waals surface area (Å²) < 4.78 is 20.3. The number of imide groups is 1. The zero-order valence-electron chi connectivity index (χ0n) is 18.4. The van der Waals surface area contributed by atoms with E-state index in [0.29, 0.717) is 37.4 Å². The predicted molar refractivity (Wildman–Crippen MR) is 112 cm³/mol. The van der Waals surface area contributed by atoms with Gasteiger partial charge < -0.3 is 19.4 Å². The van der Waals surface area contributed by atoms with Crippen molar-refractivity contribution in [1.82, 2.24) is 15.1 Å². The Hall–Kier alpha value is -3.17. The van der Waals surface area contributed by atoms with Gasteiger partial charge in [-0.2, -0.15) is 0 Å². The van der Waals surface area contributed by atoms with E-state index in [0.717, 1.165) is 0 Å². The van der Waals surface area contributed by atoms with Crippen LogP contribution in [0, 0.1) is 5.82 Å². The first-order chi connectivity index (χ1) is 15.0. The van der Waals surface area contributed by atoms with Crippen molar-refractivity contribution < 1.29 is 28.3 Å². The molecular formula is C22H27FN4O5. The van der Waals surface area contributed by atoms with Crippen LogP contribution >= 0.6 is 0 Å². The molecule has 1 N–H and O–H groups in total. The number of ether oxygens (including phenoxy) is 1. The lowest BCUT2D eigenvalue weighted by Crippen LogP contribution is -2.52. The first kappa shape index (κ1) is 22.0. The summed E-state index contributed by atoms with van der Waals surface area (Å²) in [5.74, 6) is -1.78. The molecule has 2 saturated heterocycles. The van der Waals surface area contributed by atoms with Crippen LogP contribution in [0.2, 0.25) is 0 Å². The van der Waals surface area contributed by atoms with Gasteiger partial charge in [-0.1, -0.05) is 0 Å². The van der Waals surface area contributed by atoms with E-state index in [1.807, 2.05) is 4.90 Å². The lowest BCUT2D eigenvalue weighted by Gasteiger charge is -2.37. The minimum Gasteiger partial charge on any atom is -0.444 e. The maximum absolute atomic E-state index is 14.9. The molecule has 3 aliphatic heterocycles. The highest BCUT2D eigenvalue weighted by Gasteiger charge is 2.40. The van der Waals surface area contributed by atoms with Gasteiger partial charge in [0.05, 0.1) is 5.69 Å². The number of piperazine rings is 1. The lowest BCUT2D eigenvalue weighted by molar-refractivity contribution is -0.136. The minimum atomic E-state index is -0.739. The summed E-state index contributed by atoms with van der Waals surface area (Å²) in [5, 5.41) is 2.26. The SMILES string of the molecule is CC(C)(C)OC(=O)N1CCN(c2cc3c(cc2F)C(=O)N(C2CCC(=O)NC2=O)C3)CC1. The van der Waals surface area contributed by atoms with Crippen molar-refractivity contribution in [3.63, 3.8) is 0 Å². The maximum Gasteiger partial charge on any atom is 0.410 e. The van der Waals surface area contributed by atoms with E-state index in [1.54, 1.807) is 31.7 Å². The Morgan fingerprint density at radius 3 is 2.44 bits per heavy atom. The van der Waals surface area contributed by atoms with Gasteiger partial charge in [0, 0.05) is 44.7 Å². The molecule has 3 heterocycles. The number of amides is 4. The molecular weight excluding hydrogens is 419 g/mol. The molecule has 10 heteroatoms. The molecule has 9 nitrogen and oxygen atoms in total. The summed E-state index contributed by atoms with van der Waals surface area (Å²) in [7, 11) is 0. The van der Waals surface area contributed by atoms with Crippen molar-refractivity contribution in [2.45, 2.75) is 51.8 Å². The fourth-order valence-corrected chi connectivity index (χ4v) is 4.28. The number of anilines is 1. The molecule has 2 fully saturated rings. The average Bonchev–Trinajstić information content (AvgIpc) is 3.02. The second kappa shape index (κ2) is 8.07. The zero-order valence-corrected chi connectivity index (χ0v) is 18.4. The number of benzene rings is 1. The van der Waals surface area contributed by atoms with Gasteiger partial charge in [0.2, 0.25) is 11.8 Å². The Balaban J connectivity index is 1.46. The zero-order chi connectivity index (χ0) is 23.2. The van der Waals surface area contributed by atoms with Crippen LogP contribution in [0.3, 0.4) is 0 Å². The Labute approximate surface area is 185 Å². The van der Waals surface area contributed by atoms with Crippen LogP contribution in [0.25, 0.3) is 0 Å². The summed E-state index contributed by atoms with van der Waals surface area (Å²) in [5.41, 5.74) is 0.667. The number of hydrogen-bond donors (Lipinski definition) is 1. The monoisotopic (exact) mass is 446 g/mol. The molecule has 0 spiro atoms. The molecule has 32 heavy (non-hydrogen) atoms. The third kappa shape index (κ3) is 4.26. The van der Waals surface area contributed by atoms with Gasteiger partial charge in [-0.15, -0.1) is 0 Å². The van der Waals surface area contributed by atoms with Gasteiger partial charge in [-0.3, -0.25) is 19.7 Å². The average molecular weight is 446 g/mol. The molecule has 0 radical (unpaired) electrons. The van der Waals surface area contributed by atoms with E-state index in [9.17, 15) is 23.6 Å². The summed E-state index contributed by atoms with van der Waals surface area (Å²) in [6.45, 7) is 7.26. The molecule has 1 aromatic rings. The Bertz CT molecular complexity index is 981. The van der Waals surface area contributed by atoms with Crippen LogP contribution in [0.1, 0.15) is 49.5 Å². The van der Waals surface area contributed by atoms with E-state index in [4.69, 9.17) is 4.74 Å². The van der Waals surface area contributed by atoms with Crippen molar-refractivity contribution >= 4 is 29.5 Å². The molecule has 3 aliphatic rings. The highest BCUT2D eigenvalue weighted by atomic mass is 19.1. The van der Waals surface area contributed by atoms with Crippen LogP contribution in [-0.4, -0.2) is 71.4 Å². The minimum absolute atomic E-state index is 0.165. The molecule has 0 bridgehead atoms. The highest BCUT2D eigenvalue weighted by Crippen LogP contribution is 2.33. The number of nitrogens with zero attached hydrogens (tertiary/aromatic N) is 3. The van der Waals surface area contributed by atoms with Crippen LogP contribution in [0.5, 0.6) is 0 Å². The number of carbonyl (C=O) groups excluding carboxylic acids is 4. The Morgan fingerprint density at radius 1 is 1.12 bits per heavy atom. The highest BCUT2D eigenvalue weighted by molar-refractivity contribution is 6.05. The third-order valence-electron chi connectivity index (χ3n) is 5.86. The first-order valence-corrected chi connectivity index (χ1v) is 10.7. The molecule has 1 aromatic carbocycles. The first-order valence-electron chi connectivity index (χ1n) is 10.7. The molecule has 0 saturated carbocycles. The smallest absolute Gasteiger partial charge is 0.410 e. The van der Waals surface area contributed by atoms with E-state index in [2.05, 4.69) is 5.32 Å². The molecule has 1 atom stereocenters. The number of piperidine rings is 1. The molecule has 1 unspecified atom stereocenters. The van der Waals surface area contributed by atoms with Gasteiger partial charge in [-0.25, -0.2) is 9.18 Å². The van der Waals surface area contributed by atoms with E-state index < -0.39 is 35.4 Å². The summed E-state index contributed by atoms with van der Waals surface area (Å²) >= 11 is 0. The quantitative estimate of drug-likeness (QED) is 0.694. The maximum atomic E-state index is 14.9. The summed E-state index contributed by atoms with van der Waals surface area (Å²) in [4.78, 5) is 53.5. The van der Waals surface area contributed by atoms with Gasteiger partial charge >= 0.3 is 6.09 Å². The fraction of sp³-hybridized carbons (Fsp3) is 0.545. The van der Waals surface area contributed by atoms with Crippen molar-refractivity contribution in [3.8, 4) is 0 Å². The second-order valence-electron chi connectivity index (χ2n) is 9.32. The topological polar surface area (TPSA) is 99.3 Å². The van der Waals surface area contributed by atoms with Crippen LogP contribution < -0.4 is 10.2 Å². The molecule has 4 rings (SSSR count). The number of nitrogens with one attached hydrogen (secondary N) is 1. The van der Waals surface area contributed by atoms with Crippen LogP contribution in [0.15, 0.2) is 12.1 Å². The van der Waals surface area contributed by atoms with Crippen LogP contribution in [-0.2, 0) is 20.9 Å². The number of rotatable bonds is 2. The number of hydrogen-bond acceptors (Lipinski definition) is 6. The van der Waals surface area contributed by atoms with E-state index in [-0.39, 0.29) is 30.9 Å². The fourth-order valence-electron chi connectivity index (χ4n) is 4.28. The number of halogens is 1. The van der Waals surface area contributed by atoms with Crippen LogP contribution in [0.4, 0.5) is 14.9 Å². The van der Waals surface area contributed by atoms with Crippen molar-refractivity contribution in [2.75, 3.05) is 31.1 Å². The second-order valence-corrected chi connectivity index (χ2v) is 9.32. The predicted octanol–water partition coefficient (Wildman–Crippen LogP) is 1.64. The van der Waals surface area contributed by atoms with Crippen molar-refractivity contribution in [3.05, 3.63) is 29.1 Å². The number of fused-ring (bicyclic) bond motifs is 1. The Morgan fingerprint density at radius 2 is 1.81 bits per heavy atom. The molecule has 0 aliphatic carbocycles. The molecule has 0 aromatic heterocycles. The van der Waals surface area contributed by atoms with Gasteiger partial charge in [0.1, 0.15) is 17.5 Å². The van der Waals surface area contributed by atoms with Crippen molar-refractivity contribution in [1.29, 1.82) is 0 Å². The summed E-state index contributed by atoms with van der Waals surface area (Å²) in [6.07, 6.45) is 0.0294. The van der Waals surface area contributed by atoms with E-state index in [1.165, 1.54) is 11.0 Å². The van der Waals surface area contributed by atoms with Gasteiger partial charge in [0.25, 0.3) is 5.91 Å². The normalized spacial score (nSPS) is 21.6. The largest absolute Gasteiger partial charge is 0.444 e.